The first-order valence-electron chi connectivity index (χ1n) is 8.36. The smallest absolute Gasteiger partial charge is 0.463 e. The van der Waals surface area contributed by atoms with Gasteiger partial charge in [-0.1, -0.05) is 23.7 Å². The Labute approximate surface area is 161 Å². The van der Waals surface area contributed by atoms with Crippen LogP contribution >= 0.6 is 19.4 Å². The van der Waals surface area contributed by atoms with Crippen molar-refractivity contribution in [1.82, 2.24) is 0 Å². The van der Waals surface area contributed by atoms with Gasteiger partial charge in [0.05, 0.1) is 24.2 Å². The largest absolute Gasteiger partial charge is 0.530 e. The minimum absolute atomic E-state index is 0.171. The van der Waals surface area contributed by atoms with E-state index in [-0.39, 0.29) is 24.4 Å². The van der Waals surface area contributed by atoms with Crippen molar-refractivity contribution in [3.05, 3.63) is 64.0 Å². The van der Waals surface area contributed by atoms with E-state index in [1.165, 1.54) is 18.4 Å². The van der Waals surface area contributed by atoms with Crippen LogP contribution in [0, 0.1) is 0 Å². The van der Waals surface area contributed by atoms with E-state index in [4.69, 9.17) is 29.6 Å². The summed E-state index contributed by atoms with van der Waals surface area (Å²) in [6.45, 7) is 3.72. The van der Waals surface area contributed by atoms with Gasteiger partial charge in [-0.05, 0) is 43.7 Å². The highest BCUT2D eigenvalue weighted by Crippen LogP contribution is 2.49. The van der Waals surface area contributed by atoms with Crippen molar-refractivity contribution in [3.8, 4) is 16.9 Å². The van der Waals surface area contributed by atoms with Crippen LogP contribution in [0.15, 0.2) is 57.9 Å². The van der Waals surface area contributed by atoms with Crippen LogP contribution in [0.3, 0.4) is 0 Å². The molecule has 0 saturated heterocycles. The number of hydrogen-bond acceptors (Lipinski definition) is 6. The molecule has 3 rings (SSSR count). The van der Waals surface area contributed by atoms with Gasteiger partial charge in [0.2, 0.25) is 0 Å². The van der Waals surface area contributed by atoms with E-state index in [1.54, 1.807) is 44.2 Å². The van der Waals surface area contributed by atoms with Gasteiger partial charge in [0, 0.05) is 11.1 Å². The number of phosphoric ester groups is 1. The van der Waals surface area contributed by atoms with E-state index in [1.807, 2.05) is 0 Å². The quantitative estimate of drug-likeness (QED) is 0.468. The minimum atomic E-state index is -3.73. The lowest BCUT2D eigenvalue weighted by Gasteiger charge is -2.17. The first-order chi connectivity index (χ1) is 13.0. The lowest BCUT2D eigenvalue weighted by molar-refractivity contribution is 0.167. The fraction of sp³-hybridized carbons (Fsp3) is 0.211. The molecule has 0 aliphatic heterocycles. The Morgan fingerprint density at radius 2 is 1.70 bits per heavy atom. The predicted molar refractivity (Wildman–Crippen MR) is 104 cm³/mol. The van der Waals surface area contributed by atoms with Gasteiger partial charge in [-0.15, -0.1) is 0 Å². The predicted octanol–water partition coefficient (Wildman–Crippen LogP) is 5.67. The molecule has 6 nitrogen and oxygen atoms in total. The second kappa shape index (κ2) is 8.28. The maximum Gasteiger partial charge on any atom is 0.530 e. The molecule has 1 aromatic heterocycles. The summed E-state index contributed by atoms with van der Waals surface area (Å²) in [7, 11) is -3.73. The molecular weight excluding hydrogens is 391 g/mol. The van der Waals surface area contributed by atoms with Crippen LogP contribution in [-0.4, -0.2) is 13.2 Å². The third-order valence-corrected chi connectivity index (χ3v) is 5.53. The van der Waals surface area contributed by atoms with Gasteiger partial charge in [0.15, 0.2) is 5.43 Å². The molecule has 0 aliphatic rings. The zero-order valence-electron chi connectivity index (χ0n) is 14.8. The maximum absolute atomic E-state index is 12.8. The van der Waals surface area contributed by atoms with Crippen molar-refractivity contribution in [3.63, 3.8) is 0 Å². The molecule has 0 amide bonds. The van der Waals surface area contributed by atoms with Gasteiger partial charge in [0.25, 0.3) is 0 Å². The van der Waals surface area contributed by atoms with Crippen molar-refractivity contribution in [2.75, 3.05) is 13.2 Å². The number of halogens is 1. The third-order valence-electron chi connectivity index (χ3n) is 3.69. The van der Waals surface area contributed by atoms with E-state index >= 15 is 0 Å². The van der Waals surface area contributed by atoms with Crippen LogP contribution in [0.5, 0.6) is 5.75 Å². The highest BCUT2D eigenvalue weighted by atomic mass is 35.5. The van der Waals surface area contributed by atoms with Crippen LogP contribution in [-0.2, 0) is 13.6 Å². The molecule has 0 unspecified atom stereocenters. The normalized spacial score (nSPS) is 11.7. The topological polar surface area (TPSA) is 75.0 Å². The average Bonchev–Trinajstić information content (AvgIpc) is 2.63. The van der Waals surface area contributed by atoms with Crippen molar-refractivity contribution < 1.29 is 22.6 Å². The fourth-order valence-electron chi connectivity index (χ4n) is 2.53. The summed E-state index contributed by atoms with van der Waals surface area (Å²) >= 11 is 5.89. The molecular formula is C19H18ClO6P. The Morgan fingerprint density at radius 3 is 2.33 bits per heavy atom. The van der Waals surface area contributed by atoms with Gasteiger partial charge in [0.1, 0.15) is 17.6 Å². The number of benzene rings is 2. The standard InChI is InChI=1S/C19H18ClO6P/c1-3-24-27(22,25-4-2)26-15-9-10-16-18(11-15)23-12-17(19(16)21)13-5-7-14(20)8-6-13/h5-12H,3-4H2,1-2H3. The van der Waals surface area contributed by atoms with Crippen molar-refractivity contribution >= 4 is 30.4 Å². The Morgan fingerprint density at radius 1 is 1.04 bits per heavy atom. The summed E-state index contributed by atoms with van der Waals surface area (Å²) in [4.78, 5) is 12.8. The third kappa shape index (κ3) is 4.42. The molecule has 0 spiro atoms. The summed E-state index contributed by atoms with van der Waals surface area (Å²) in [5, 5.41) is 0.955. The molecule has 8 heteroatoms. The highest BCUT2D eigenvalue weighted by molar-refractivity contribution is 7.48. The van der Waals surface area contributed by atoms with E-state index in [9.17, 15) is 9.36 Å². The number of phosphoric acid groups is 1. The van der Waals surface area contributed by atoms with E-state index in [0.717, 1.165) is 0 Å². The molecule has 27 heavy (non-hydrogen) atoms. The van der Waals surface area contributed by atoms with E-state index in [0.29, 0.717) is 27.1 Å². The zero-order valence-corrected chi connectivity index (χ0v) is 16.5. The van der Waals surface area contributed by atoms with E-state index < -0.39 is 7.82 Å². The molecule has 0 fully saturated rings. The van der Waals surface area contributed by atoms with Crippen LogP contribution in [0.1, 0.15) is 13.8 Å². The number of hydrogen-bond donors (Lipinski definition) is 0. The molecule has 0 saturated carbocycles. The van der Waals surface area contributed by atoms with Gasteiger partial charge >= 0.3 is 7.82 Å². The summed E-state index contributed by atoms with van der Waals surface area (Å²) in [5.74, 6) is 0.218. The first kappa shape index (κ1) is 19.6. The van der Waals surface area contributed by atoms with Crippen molar-refractivity contribution in [2.45, 2.75) is 13.8 Å². The molecule has 2 aromatic carbocycles. The summed E-state index contributed by atoms with van der Waals surface area (Å²) in [5.41, 5.74) is 1.23. The van der Waals surface area contributed by atoms with Gasteiger partial charge in [-0.25, -0.2) is 4.57 Å². The molecule has 1 heterocycles. The second-order valence-electron chi connectivity index (χ2n) is 5.52. The average molecular weight is 409 g/mol. The summed E-state index contributed by atoms with van der Waals surface area (Å²) in [6, 6.07) is 11.5. The molecule has 0 atom stereocenters. The Bertz CT molecular complexity index is 1030. The van der Waals surface area contributed by atoms with E-state index in [2.05, 4.69) is 0 Å². The Hall–Kier alpha value is -2.11. The fourth-order valence-corrected chi connectivity index (χ4v) is 3.84. The Kier molecular flexibility index (Phi) is 6.02. The SMILES string of the molecule is CCOP(=O)(OCC)Oc1ccc2c(=O)c(-c3ccc(Cl)cc3)coc2c1. The van der Waals surface area contributed by atoms with Gasteiger partial charge < -0.3 is 8.94 Å². The van der Waals surface area contributed by atoms with Gasteiger partial charge in [-0.3, -0.25) is 13.8 Å². The van der Waals surface area contributed by atoms with Crippen LogP contribution in [0.25, 0.3) is 22.1 Å². The number of fused-ring (bicyclic) bond motifs is 1. The second-order valence-corrected chi connectivity index (χ2v) is 7.55. The molecule has 3 aromatic rings. The monoisotopic (exact) mass is 408 g/mol. The first-order valence-corrected chi connectivity index (χ1v) is 10.2. The number of rotatable bonds is 7. The van der Waals surface area contributed by atoms with Crippen LogP contribution in [0.4, 0.5) is 0 Å². The molecule has 0 aliphatic carbocycles. The maximum atomic E-state index is 12.8. The van der Waals surface area contributed by atoms with Crippen molar-refractivity contribution in [2.24, 2.45) is 0 Å². The van der Waals surface area contributed by atoms with Crippen LogP contribution < -0.4 is 9.95 Å². The van der Waals surface area contributed by atoms with Gasteiger partial charge in [-0.2, -0.15) is 0 Å². The van der Waals surface area contributed by atoms with Crippen molar-refractivity contribution in [1.29, 1.82) is 0 Å². The molecule has 142 valence electrons. The van der Waals surface area contributed by atoms with Crippen LogP contribution in [0.2, 0.25) is 5.02 Å². The molecule has 0 bridgehead atoms. The zero-order chi connectivity index (χ0) is 19.4. The lowest BCUT2D eigenvalue weighted by Crippen LogP contribution is -2.05. The Balaban J connectivity index is 1.97. The molecule has 0 N–H and O–H groups in total. The summed E-state index contributed by atoms with van der Waals surface area (Å²) < 4.78 is 33.7. The minimum Gasteiger partial charge on any atom is -0.463 e. The lowest BCUT2D eigenvalue weighted by atomic mass is 10.1. The highest BCUT2D eigenvalue weighted by Gasteiger charge is 2.27. The molecule has 0 radical (unpaired) electrons. The summed E-state index contributed by atoms with van der Waals surface area (Å²) in [6.07, 6.45) is 1.38.